The Bertz CT molecular complexity index is 1330. The first-order valence-corrected chi connectivity index (χ1v) is 13.1. The van der Waals surface area contributed by atoms with E-state index in [2.05, 4.69) is 48.6 Å². The zero-order valence-corrected chi connectivity index (χ0v) is 21.3. The molecule has 0 N–H and O–H groups in total. The number of piperazine rings is 1. The second-order valence-electron chi connectivity index (χ2n) is 8.61. The van der Waals surface area contributed by atoms with E-state index in [0.717, 1.165) is 59.0 Å². The number of aromatic nitrogens is 3. The smallest absolute Gasteiger partial charge is 0.208 e. The number of fused-ring (bicyclic) bond motifs is 2. The number of aliphatic imine (C=N–C) groups is 1. The summed E-state index contributed by atoms with van der Waals surface area (Å²) >= 11 is 8.04. The average Bonchev–Trinajstić information content (AvgIpc) is 3.22. The van der Waals surface area contributed by atoms with E-state index in [1.165, 1.54) is 22.9 Å². The Morgan fingerprint density at radius 1 is 1.20 bits per heavy atom. The molecule has 35 heavy (non-hydrogen) atoms. The summed E-state index contributed by atoms with van der Waals surface area (Å²) in [5.74, 6) is 0.974. The summed E-state index contributed by atoms with van der Waals surface area (Å²) in [6.07, 6.45) is 11.9. The minimum atomic E-state index is 0.00360. The van der Waals surface area contributed by atoms with Gasteiger partial charge in [-0.25, -0.2) is 4.98 Å². The molecule has 3 aromatic rings. The number of imidazole rings is 1. The highest BCUT2D eigenvalue weighted by Crippen LogP contribution is 2.41. The molecule has 2 aliphatic rings. The van der Waals surface area contributed by atoms with Gasteiger partial charge in [0.15, 0.2) is 5.17 Å². The molecule has 1 atom stereocenters. The van der Waals surface area contributed by atoms with E-state index >= 15 is 0 Å². The van der Waals surface area contributed by atoms with Crippen molar-refractivity contribution >= 4 is 40.2 Å². The van der Waals surface area contributed by atoms with Gasteiger partial charge in [-0.15, -0.1) is 4.99 Å². The lowest BCUT2D eigenvalue weighted by Gasteiger charge is -2.40. The van der Waals surface area contributed by atoms with Crippen LogP contribution in [0.15, 0.2) is 53.9 Å². The lowest BCUT2D eigenvalue weighted by Crippen LogP contribution is -2.49. The van der Waals surface area contributed by atoms with Crippen LogP contribution in [-0.2, 0) is 6.54 Å². The van der Waals surface area contributed by atoms with E-state index < -0.39 is 0 Å². The first kappa shape index (κ1) is 23.6. The Balaban J connectivity index is 1.55. The van der Waals surface area contributed by atoms with Crippen molar-refractivity contribution in [2.45, 2.75) is 19.5 Å². The molecule has 1 unspecified atom stereocenters. The molecule has 1 saturated heterocycles. The Morgan fingerprint density at radius 2 is 2.03 bits per heavy atom. The average molecular weight is 504 g/mol. The molecule has 1 fully saturated rings. The van der Waals surface area contributed by atoms with Crippen LogP contribution in [0.25, 0.3) is 11.6 Å². The molecule has 1 aliphatic heterocycles. The van der Waals surface area contributed by atoms with Gasteiger partial charge in [-0.05, 0) is 59.7 Å². The van der Waals surface area contributed by atoms with E-state index in [1.807, 2.05) is 50.1 Å². The summed E-state index contributed by atoms with van der Waals surface area (Å²) in [4.78, 5) is 18.0. The number of hydrogen-bond acceptors (Lipinski definition) is 6. The lowest BCUT2D eigenvalue weighted by atomic mass is 9.93. The number of amidine groups is 1. The predicted octanol–water partition coefficient (Wildman–Crippen LogP) is 4.70. The molecule has 1 aromatic carbocycles. The molecular weight excluding hydrogens is 478 g/mol. The van der Waals surface area contributed by atoms with E-state index in [9.17, 15) is 0 Å². The molecule has 0 bridgehead atoms. The van der Waals surface area contributed by atoms with Gasteiger partial charge in [0.25, 0.3) is 0 Å². The van der Waals surface area contributed by atoms with Crippen LogP contribution in [0.1, 0.15) is 34.3 Å². The number of pyridine rings is 1. The summed E-state index contributed by atoms with van der Waals surface area (Å²) in [6, 6.07) is 10.3. The highest BCUT2D eigenvalue weighted by Gasteiger charge is 2.33. The van der Waals surface area contributed by atoms with Gasteiger partial charge in [0, 0.05) is 56.3 Å². The minimum absolute atomic E-state index is 0.00360. The van der Waals surface area contributed by atoms with E-state index in [0.29, 0.717) is 6.54 Å². The summed E-state index contributed by atoms with van der Waals surface area (Å²) in [7, 11) is 0. The van der Waals surface area contributed by atoms with Crippen LogP contribution >= 0.6 is 23.4 Å². The predicted molar refractivity (Wildman–Crippen MR) is 142 cm³/mol. The zero-order chi connectivity index (χ0) is 24.4. The fourth-order valence-electron chi connectivity index (χ4n) is 4.95. The van der Waals surface area contributed by atoms with Gasteiger partial charge in [0.05, 0.1) is 11.7 Å². The fraction of sp³-hybridized carbons (Fsp3) is 0.308. The number of nitriles is 1. The van der Waals surface area contributed by atoms with Crippen molar-refractivity contribution in [1.82, 2.24) is 24.3 Å². The summed E-state index contributed by atoms with van der Waals surface area (Å²) in [5.41, 5.74) is 5.71. The molecular formula is C26H26ClN7S. The molecule has 2 aromatic heterocycles. The zero-order valence-electron chi connectivity index (χ0n) is 19.7. The van der Waals surface area contributed by atoms with Gasteiger partial charge in [-0.1, -0.05) is 35.5 Å². The van der Waals surface area contributed by atoms with E-state index in [1.54, 1.807) is 0 Å². The Hall–Kier alpha value is -3.12. The maximum Gasteiger partial charge on any atom is 0.208 e. The quantitative estimate of drug-likeness (QED) is 0.293. The second-order valence-corrected chi connectivity index (χ2v) is 9.82. The van der Waals surface area contributed by atoms with Crippen LogP contribution in [0.3, 0.4) is 0 Å². The second kappa shape index (κ2) is 10.2. The standard InChI is InChI=1S/C26H26ClN7S/c1-18-29-8-9-34(18)16-20-14-19-4-3-7-30-24(19)25(22-6-5-21(27)15-23(20)22)32-10-12-33(13-11-32)26(35-2)31-17-28/h3-9,14-15,25H,10-13,16H2,1-2H3. The van der Waals surface area contributed by atoms with Crippen molar-refractivity contribution in [1.29, 1.82) is 5.26 Å². The summed E-state index contributed by atoms with van der Waals surface area (Å²) in [5, 5.41) is 10.5. The number of benzene rings is 1. The molecule has 0 saturated carbocycles. The normalized spacial score (nSPS) is 18.3. The van der Waals surface area contributed by atoms with Gasteiger partial charge >= 0.3 is 0 Å². The van der Waals surface area contributed by atoms with Crippen LogP contribution in [0.5, 0.6) is 0 Å². The Morgan fingerprint density at radius 3 is 2.74 bits per heavy atom. The molecule has 0 spiro atoms. The molecule has 178 valence electrons. The van der Waals surface area contributed by atoms with Crippen molar-refractivity contribution in [3.8, 4) is 6.19 Å². The van der Waals surface area contributed by atoms with Crippen molar-refractivity contribution in [3.05, 3.63) is 82.2 Å². The van der Waals surface area contributed by atoms with Crippen LogP contribution in [0.2, 0.25) is 5.02 Å². The molecule has 3 heterocycles. The van der Waals surface area contributed by atoms with Crippen molar-refractivity contribution < 1.29 is 0 Å². The maximum absolute atomic E-state index is 9.04. The molecule has 5 rings (SSSR count). The Labute approximate surface area is 214 Å². The third-order valence-corrected chi connectivity index (χ3v) is 7.61. The minimum Gasteiger partial charge on any atom is -0.348 e. The summed E-state index contributed by atoms with van der Waals surface area (Å²) < 4.78 is 2.16. The first-order chi connectivity index (χ1) is 17.1. The number of hydrogen-bond donors (Lipinski definition) is 0. The van der Waals surface area contributed by atoms with Crippen molar-refractivity contribution in [3.63, 3.8) is 0 Å². The molecule has 7 nitrogen and oxygen atoms in total. The van der Waals surface area contributed by atoms with Gasteiger partial charge in [-0.3, -0.25) is 9.88 Å². The Kier molecular flexibility index (Phi) is 6.91. The number of halogens is 1. The highest BCUT2D eigenvalue weighted by molar-refractivity contribution is 8.13. The van der Waals surface area contributed by atoms with Crippen LogP contribution in [0, 0.1) is 18.4 Å². The first-order valence-electron chi connectivity index (χ1n) is 11.5. The molecule has 1 aliphatic carbocycles. The molecule has 9 heteroatoms. The van der Waals surface area contributed by atoms with Gasteiger partial charge in [0.2, 0.25) is 6.19 Å². The third-order valence-electron chi connectivity index (χ3n) is 6.66. The maximum atomic E-state index is 9.04. The topological polar surface area (TPSA) is 73.3 Å². The highest BCUT2D eigenvalue weighted by atomic mass is 35.5. The summed E-state index contributed by atoms with van der Waals surface area (Å²) in [6.45, 7) is 6.00. The largest absolute Gasteiger partial charge is 0.348 e. The third kappa shape index (κ3) is 4.72. The van der Waals surface area contributed by atoms with Gasteiger partial charge in [0.1, 0.15) is 5.82 Å². The fourth-order valence-corrected chi connectivity index (χ4v) is 5.70. The van der Waals surface area contributed by atoms with E-state index in [-0.39, 0.29) is 6.04 Å². The number of aryl methyl sites for hydroxylation is 1. The van der Waals surface area contributed by atoms with Crippen LogP contribution in [-0.4, -0.2) is 61.9 Å². The van der Waals surface area contributed by atoms with Crippen molar-refractivity contribution in [2.24, 2.45) is 4.99 Å². The SMILES string of the molecule is CSC(=NC#N)N1CCN(C2c3ccc(Cl)cc3C(Cn3ccnc3C)=Cc3cccnc32)CC1. The number of nitrogens with zero attached hydrogens (tertiary/aromatic N) is 7. The number of thioether (sulfide) groups is 1. The monoisotopic (exact) mass is 503 g/mol. The van der Waals surface area contributed by atoms with Crippen molar-refractivity contribution in [2.75, 3.05) is 32.4 Å². The van der Waals surface area contributed by atoms with Crippen LogP contribution in [0.4, 0.5) is 0 Å². The van der Waals surface area contributed by atoms with E-state index in [4.69, 9.17) is 21.8 Å². The van der Waals surface area contributed by atoms with Gasteiger partial charge in [-0.2, -0.15) is 5.26 Å². The van der Waals surface area contributed by atoms with Crippen LogP contribution < -0.4 is 0 Å². The number of allylic oxidation sites excluding steroid dienone is 1. The molecule has 0 radical (unpaired) electrons. The van der Waals surface area contributed by atoms with Gasteiger partial charge < -0.3 is 9.47 Å². The molecule has 0 amide bonds. The number of rotatable bonds is 3. The lowest BCUT2D eigenvalue weighted by molar-refractivity contribution is 0.150.